The number of sulfonamides is 1. The highest BCUT2D eigenvalue weighted by molar-refractivity contribution is 7.92. The molecular formula is C24H24F3N5O2S. The molecule has 2 heterocycles. The Kier molecular flexibility index (Phi) is 5.79. The number of alkyl halides is 3. The Balaban J connectivity index is 1.92. The fourth-order valence-corrected chi connectivity index (χ4v) is 5.31. The summed E-state index contributed by atoms with van der Waals surface area (Å²) < 4.78 is 68.6. The summed E-state index contributed by atoms with van der Waals surface area (Å²) in [5.41, 5.74) is 5.98. The molecule has 0 saturated carbocycles. The van der Waals surface area contributed by atoms with Crippen molar-refractivity contribution in [3.05, 3.63) is 77.0 Å². The van der Waals surface area contributed by atoms with Crippen LogP contribution in [0.3, 0.4) is 0 Å². The second-order valence-corrected chi connectivity index (χ2v) is 11.1. The molecule has 11 heteroatoms. The highest BCUT2D eigenvalue weighted by atomic mass is 32.2. The van der Waals surface area contributed by atoms with Gasteiger partial charge in [-0.3, -0.25) is 9.71 Å². The van der Waals surface area contributed by atoms with Gasteiger partial charge in [0.15, 0.2) is 0 Å². The monoisotopic (exact) mass is 503 g/mol. The lowest BCUT2D eigenvalue weighted by Gasteiger charge is -2.27. The highest BCUT2D eigenvalue weighted by Gasteiger charge is 2.36. The van der Waals surface area contributed by atoms with Gasteiger partial charge in [-0.25, -0.2) is 13.4 Å². The maximum absolute atomic E-state index is 13.9. The van der Waals surface area contributed by atoms with E-state index in [2.05, 4.69) is 10.3 Å². The molecular weight excluding hydrogens is 479 g/mol. The fourth-order valence-electron chi connectivity index (χ4n) is 3.83. The first-order valence-corrected chi connectivity index (χ1v) is 12.1. The summed E-state index contributed by atoms with van der Waals surface area (Å²) >= 11 is 0. The molecule has 0 radical (unpaired) electrons. The van der Waals surface area contributed by atoms with Gasteiger partial charge in [0, 0.05) is 11.1 Å². The maximum Gasteiger partial charge on any atom is 0.433 e. The number of rotatable bonds is 3. The van der Waals surface area contributed by atoms with Crippen molar-refractivity contribution in [1.82, 2.24) is 4.98 Å². The molecule has 2 aromatic carbocycles. The molecule has 0 fully saturated rings. The number of pyridine rings is 1. The summed E-state index contributed by atoms with van der Waals surface area (Å²) in [6.45, 7) is 5.70. The summed E-state index contributed by atoms with van der Waals surface area (Å²) in [7, 11) is -4.21. The molecule has 0 unspecified atom stereocenters. The van der Waals surface area contributed by atoms with Gasteiger partial charge in [0.2, 0.25) is 0 Å². The number of nitrogen functional groups attached to an aromatic ring is 1. The Morgan fingerprint density at radius 1 is 1.06 bits per heavy atom. The third-order valence-corrected chi connectivity index (χ3v) is 7.48. The molecule has 4 rings (SSSR count). The zero-order valence-corrected chi connectivity index (χ0v) is 20.1. The second kappa shape index (κ2) is 8.26. The van der Waals surface area contributed by atoms with Crippen LogP contribution in [0, 0.1) is 5.41 Å². The molecule has 0 atom stereocenters. The fraction of sp³-hybridized carbons (Fsp3) is 0.250. The number of para-hydroxylation sites is 1. The van der Waals surface area contributed by atoms with E-state index in [0.29, 0.717) is 0 Å². The largest absolute Gasteiger partial charge is 0.433 e. The Hall–Kier alpha value is -3.60. The molecule has 0 amide bonds. The first kappa shape index (κ1) is 24.5. The maximum atomic E-state index is 13.9. The predicted molar refractivity (Wildman–Crippen MR) is 128 cm³/mol. The zero-order valence-electron chi connectivity index (χ0n) is 19.2. The molecule has 1 aliphatic rings. The van der Waals surface area contributed by atoms with Crippen LogP contribution in [-0.2, 0) is 28.2 Å². The summed E-state index contributed by atoms with van der Waals surface area (Å²) in [5, 5.41) is 10.8. The van der Waals surface area contributed by atoms with Crippen LogP contribution in [0.4, 0.5) is 30.4 Å². The van der Waals surface area contributed by atoms with E-state index in [0.717, 1.165) is 15.9 Å². The number of fused-ring (bicyclic) bond motifs is 2. The lowest BCUT2D eigenvalue weighted by molar-refractivity contribution is -0.141. The van der Waals surface area contributed by atoms with Crippen LogP contribution in [0.25, 0.3) is 0 Å². The van der Waals surface area contributed by atoms with Crippen molar-refractivity contribution in [2.45, 2.75) is 43.8 Å². The van der Waals surface area contributed by atoms with E-state index in [-0.39, 0.29) is 51.0 Å². The molecule has 4 N–H and O–H groups in total. The number of nitrogens with one attached hydrogen (secondary N) is 2. The van der Waals surface area contributed by atoms with E-state index in [1.807, 2.05) is 20.8 Å². The number of nitrogens with zero attached hydrogens (tertiary/aromatic N) is 2. The van der Waals surface area contributed by atoms with E-state index in [1.54, 1.807) is 12.1 Å². The average molecular weight is 504 g/mol. The minimum atomic E-state index is -4.67. The van der Waals surface area contributed by atoms with Crippen LogP contribution in [0.5, 0.6) is 0 Å². The van der Waals surface area contributed by atoms with Gasteiger partial charge in [-0.05, 0) is 41.3 Å². The highest BCUT2D eigenvalue weighted by Crippen LogP contribution is 2.41. The number of anilines is 3. The Morgan fingerprint density at radius 2 is 1.71 bits per heavy atom. The molecule has 0 saturated heterocycles. The minimum absolute atomic E-state index is 0.00174. The van der Waals surface area contributed by atoms with Gasteiger partial charge in [0.1, 0.15) is 17.3 Å². The molecule has 0 spiro atoms. The lowest BCUT2D eigenvalue weighted by Crippen LogP contribution is -2.32. The van der Waals surface area contributed by atoms with Crippen molar-refractivity contribution in [3.63, 3.8) is 0 Å². The van der Waals surface area contributed by atoms with Gasteiger partial charge in [0.05, 0.1) is 22.8 Å². The van der Waals surface area contributed by atoms with Gasteiger partial charge in [-0.2, -0.15) is 13.2 Å². The molecule has 1 aromatic heterocycles. The number of hydrogen-bond acceptors (Lipinski definition) is 5. The number of hydrogen-bond donors (Lipinski definition) is 3. The third kappa shape index (κ3) is 4.55. The standard InChI is InChI=1S/C24H24F3N5O2S/c1-23(2,3)15-8-10-16(11-9-15)35(33,34)32-13-14-7-12-19(24(25,26)27)31-22(14)30-18-6-4-5-17(20(18)32)21(28)29/h4-12H,13H2,1-3H3,(H3,28,29)(H,30,31). The Bertz CT molecular complexity index is 1410. The number of amidine groups is 1. The van der Waals surface area contributed by atoms with Gasteiger partial charge in [-0.15, -0.1) is 0 Å². The first-order valence-electron chi connectivity index (χ1n) is 10.6. The van der Waals surface area contributed by atoms with Crippen LogP contribution in [-0.4, -0.2) is 19.2 Å². The SMILES string of the molecule is CC(C)(C)c1ccc(S(=O)(=O)N2Cc3ccc(C(F)(F)F)nc3Nc3cccc(C(=N)N)c32)cc1. The van der Waals surface area contributed by atoms with Crippen LogP contribution < -0.4 is 15.4 Å². The number of nitrogens with two attached hydrogens (primary N) is 1. The molecule has 0 bridgehead atoms. The summed E-state index contributed by atoms with van der Waals surface area (Å²) in [4.78, 5) is 3.70. The molecule has 35 heavy (non-hydrogen) atoms. The van der Waals surface area contributed by atoms with Crippen molar-refractivity contribution in [3.8, 4) is 0 Å². The molecule has 1 aliphatic heterocycles. The van der Waals surface area contributed by atoms with Crippen LogP contribution in [0.1, 0.15) is 43.2 Å². The smallest absolute Gasteiger partial charge is 0.384 e. The number of aromatic nitrogens is 1. The quantitative estimate of drug-likeness (QED) is 0.339. The minimum Gasteiger partial charge on any atom is -0.384 e. The third-order valence-electron chi connectivity index (χ3n) is 5.72. The normalized spacial score (nSPS) is 13.9. The summed E-state index contributed by atoms with van der Waals surface area (Å²) in [5.74, 6) is -0.510. The molecule has 3 aromatic rings. The first-order chi connectivity index (χ1) is 16.2. The topological polar surface area (TPSA) is 112 Å². The van der Waals surface area contributed by atoms with Gasteiger partial charge in [-0.1, -0.05) is 45.0 Å². The van der Waals surface area contributed by atoms with E-state index in [4.69, 9.17) is 11.1 Å². The Morgan fingerprint density at radius 3 is 2.29 bits per heavy atom. The predicted octanol–water partition coefficient (Wildman–Crippen LogP) is 5.13. The average Bonchev–Trinajstić information content (AvgIpc) is 2.94. The van der Waals surface area contributed by atoms with E-state index in [9.17, 15) is 21.6 Å². The summed E-state index contributed by atoms with van der Waals surface area (Å²) in [6.07, 6.45) is -4.67. The van der Waals surface area contributed by atoms with E-state index < -0.39 is 21.9 Å². The van der Waals surface area contributed by atoms with E-state index in [1.165, 1.54) is 36.4 Å². The van der Waals surface area contributed by atoms with Crippen LogP contribution in [0.15, 0.2) is 59.5 Å². The zero-order chi connectivity index (χ0) is 25.8. The van der Waals surface area contributed by atoms with Crippen molar-refractivity contribution in [2.24, 2.45) is 5.73 Å². The van der Waals surface area contributed by atoms with Crippen molar-refractivity contribution >= 4 is 33.1 Å². The van der Waals surface area contributed by atoms with Crippen molar-refractivity contribution in [1.29, 1.82) is 5.41 Å². The van der Waals surface area contributed by atoms with E-state index >= 15 is 0 Å². The van der Waals surface area contributed by atoms with Gasteiger partial charge < -0.3 is 11.1 Å². The molecule has 184 valence electrons. The van der Waals surface area contributed by atoms with Crippen molar-refractivity contribution < 1.29 is 21.6 Å². The number of benzene rings is 2. The van der Waals surface area contributed by atoms with Gasteiger partial charge in [0.25, 0.3) is 10.0 Å². The lowest BCUT2D eigenvalue weighted by atomic mass is 9.87. The van der Waals surface area contributed by atoms with Crippen LogP contribution in [0.2, 0.25) is 0 Å². The molecule has 0 aliphatic carbocycles. The number of halogens is 3. The van der Waals surface area contributed by atoms with Gasteiger partial charge >= 0.3 is 6.18 Å². The molecule has 7 nitrogen and oxygen atoms in total. The Labute approximate surface area is 201 Å². The summed E-state index contributed by atoms with van der Waals surface area (Å²) in [6, 6.07) is 13.0. The van der Waals surface area contributed by atoms with Crippen molar-refractivity contribution in [2.75, 3.05) is 9.62 Å². The second-order valence-electron chi connectivity index (χ2n) is 9.23. The van der Waals surface area contributed by atoms with Crippen LogP contribution >= 0.6 is 0 Å².